The molecule has 0 saturated carbocycles. The molecule has 1 aromatic heterocycles. The van der Waals surface area contributed by atoms with E-state index in [4.69, 9.17) is 0 Å². The molecule has 0 saturated heterocycles. The van der Waals surface area contributed by atoms with E-state index >= 15 is 0 Å². The summed E-state index contributed by atoms with van der Waals surface area (Å²) < 4.78 is 1.69. The van der Waals surface area contributed by atoms with Gasteiger partial charge in [-0.05, 0) is 12.1 Å². The Balaban J connectivity index is 2.20. The minimum Gasteiger partial charge on any atom is -0.339 e. The van der Waals surface area contributed by atoms with Crippen molar-refractivity contribution in [1.29, 1.82) is 0 Å². The fraction of sp³-hybridized carbons (Fsp3) is 0.111. The minimum absolute atomic E-state index is 0.881. The molecule has 1 heterocycles. The van der Waals surface area contributed by atoms with Gasteiger partial charge in [-0.25, -0.2) is 4.68 Å². The summed E-state index contributed by atoms with van der Waals surface area (Å²) in [6.45, 7) is 0. The summed E-state index contributed by atoms with van der Waals surface area (Å²) in [5.74, 6) is 0.881. The van der Waals surface area contributed by atoms with E-state index in [-0.39, 0.29) is 0 Å². The van der Waals surface area contributed by atoms with Crippen molar-refractivity contribution < 1.29 is 0 Å². The Hall–Kier alpha value is -1.84. The molecule has 0 aliphatic carbocycles. The van der Waals surface area contributed by atoms with Crippen molar-refractivity contribution in [2.24, 2.45) is 7.05 Å². The van der Waals surface area contributed by atoms with E-state index in [1.807, 2.05) is 37.4 Å². The van der Waals surface area contributed by atoms with Crippen LogP contribution in [-0.2, 0) is 7.05 Å². The SMILES string of the molecule is Cn1nncc1Nc1ccccc1. The summed E-state index contributed by atoms with van der Waals surface area (Å²) in [6, 6.07) is 9.92. The van der Waals surface area contributed by atoms with Gasteiger partial charge in [0.1, 0.15) is 5.82 Å². The predicted octanol–water partition coefficient (Wildman–Crippen LogP) is 1.56. The molecule has 0 amide bonds. The van der Waals surface area contributed by atoms with Crippen molar-refractivity contribution in [3.8, 4) is 0 Å². The molecule has 0 aliphatic heterocycles. The summed E-state index contributed by atoms with van der Waals surface area (Å²) in [5, 5.41) is 10.8. The van der Waals surface area contributed by atoms with Gasteiger partial charge in [0.2, 0.25) is 0 Å². The smallest absolute Gasteiger partial charge is 0.148 e. The second-order valence-electron chi connectivity index (χ2n) is 2.73. The van der Waals surface area contributed by atoms with E-state index in [0.717, 1.165) is 11.5 Å². The van der Waals surface area contributed by atoms with Crippen LogP contribution < -0.4 is 5.32 Å². The van der Waals surface area contributed by atoms with Gasteiger partial charge in [0, 0.05) is 12.7 Å². The fourth-order valence-corrected chi connectivity index (χ4v) is 1.07. The van der Waals surface area contributed by atoms with Crippen molar-refractivity contribution in [2.75, 3.05) is 5.32 Å². The van der Waals surface area contributed by atoms with Gasteiger partial charge < -0.3 is 5.32 Å². The van der Waals surface area contributed by atoms with Crippen LogP contribution in [0.2, 0.25) is 0 Å². The third-order valence-electron chi connectivity index (χ3n) is 1.76. The molecule has 66 valence electrons. The van der Waals surface area contributed by atoms with Gasteiger partial charge in [0.25, 0.3) is 0 Å². The van der Waals surface area contributed by atoms with Crippen LogP contribution >= 0.6 is 0 Å². The molecule has 1 aromatic carbocycles. The monoisotopic (exact) mass is 174 g/mol. The molecule has 2 aromatic rings. The van der Waals surface area contributed by atoms with Crippen molar-refractivity contribution in [1.82, 2.24) is 15.0 Å². The van der Waals surface area contributed by atoms with Crippen LogP contribution in [-0.4, -0.2) is 15.0 Å². The second kappa shape index (κ2) is 3.26. The lowest BCUT2D eigenvalue weighted by Crippen LogP contribution is -1.98. The molecule has 2 rings (SSSR count). The highest BCUT2D eigenvalue weighted by Gasteiger charge is 1.97. The Labute approximate surface area is 76.2 Å². The summed E-state index contributed by atoms with van der Waals surface area (Å²) in [6.07, 6.45) is 1.69. The first kappa shape index (κ1) is 7.79. The highest BCUT2D eigenvalue weighted by molar-refractivity contribution is 5.54. The largest absolute Gasteiger partial charge is 0.339 e. The third kappa shape index (κ3) is 1.66. The fourth-order valence-electron chi connectivity index (χ4n) is 1.07. The predicted molar refractivity (Wildman–Crippen MR) is 50.7 cm³/mol. The Morgan fingerprint density at radius 1 is 1.23 bits per heavy atom. The quantitative estimate of drug-likeness (QED) is 0.751. The van der Waals surface area contributed by atoms with Gasteiger partial charge in [0.05, 0.1) is 6.20 Å². The number of rotatable bonds is 2. The average molecular weight is 174 g/mol. The molecule has 13 heavy (non-hydrogen) atoms. The zero-order chi connectivity index (χ0) is 9.10. The van der Waals surface area contributed by atoms with Crippen molar-refractivity contribution >= 4 is 11.5 Å². The molecule has 4 nitrogen and oxygen atoms in total. The molecular weight excluding hydrogens is 164 g/mol. The first-order chi connectivity index (χ1) is 6.36. The Morgan fingerprint density at radius 3 is 2.62 bits per heavy atom. The van der Waals surface area contributed by atoms with Crippen molar-refractivity contribution in [3.05, 3.63) is 36.5 Å². The van der Waals surface area contributed by atoms with E-state index < -0.39 is 0 Å². The first-order valence-corrected chi connectivity index (χ1v) is 4.03. The van der Waals surface area contributed by atoms with Crippen LogP contribution in [0.1, 0.15) is 0 Å². The Morgan fingerprint density at radius 2 is 2.00 bits per heavy atom. The zero-order valence-electron chi connectivity index (χ0n) is 7.31. The standard InChI is InChI=1S/C9H10N4/c1-13-9(7-10-12-13)11-8-5-3-2-4-6-8/h2-7,11H,1H3. The van der Waals surface area contributed by atoms with Crippen LogP contribution in [0.4, 0.5) is 11.5 Å². The summed E-state index contributed by atoms with van der Waals surface area (Å²) in [4.78, 5) is 0. The van der Waals surface area contributed by atoms with E-state index in [2.05, 4.69) is 15.6 Å². The number of aromatic nitrogens is 3. The number of aryl methyl sites for hydroxylation is 1. The molecule has 0 unspecified atom stereocenters. The zero-order valence-corrected chi connectivity index (χ0v) is 7.31. The number of para-hydroxylation sites is 1. The minimum atomic E-state index is 0.881. The average Bonchev–Trinajstić information content (AvgIpc) is 2.54. The number of nitrogens with one attached hydrogen (secondary N) is 1. The third-order valence-corrected chi connectivity index (χ3v) is 1.76. The van der Waals surface area contributed by atoms with Crippen LogP contribution in [0.25, 0.3) is 0 Å². The second-order valence-corrected chi connectivity index (χ2v) is 2.73. The molecular formula is C9H10N4. The molecule has 1 N–H and O–H groups in total. The van der Waals surface area contributed by atoms with Gasteiger partial charge in [-0.1, -0.05) is 23.4 Å². The lowest BCUT2D eigenvalue weighted by molar-refractivity contribution is 0.721. The molecule has 0 radical (unpaired) electrons. The highest BCUT2D eigenvalue weighted by Crippen LogP contribution is 2.12. The topological polar surface area (TPSA) is 42.7 Å². The van der Waals surface area contributed by atoms with Crippen LogP contribution in [0, 0.1) is 0 Å². The maximum Gasteiger partial charge on any atom is 0.148 e. The maximum atomic E-state index is 3.82. The molecule has 0 atom stereocenters. The summed E-state index contributed by atoms with van der Waals surface area (Å²) >= 11 is 0. The molecule has 0 spiro atoms. The summed E-state index contributed by atoms with van der Waals surface area (Å²) in [7, 11) is 1.85. The molecule has 0 bridgehead atoms. The normalized spacial score (nSPS) is 9.92. The molecule has 4 heteroatoms. The van der Waals surface area contributed by atoms with E-state index in [1.165, 1.54) is 0 Å². The van der Waals surface area contributed by atoms with Gasteiger partial charge in [0.15, 0.2) is 0 Å². The number of hydrogen-bond donors (Lipinski definition) is 1. The Bertz CT molecular complexity index is 380. The lowest BCUT2D eigenvalue weighted by atomic mass is 10.3. The van der Waals surface area contributed by atoms with Gasteiger partial charge in [-0.15, -0.1) is 5.10 Å². The highest BCUT2D eigenvalue weighted by atomic mass is 15.4. The van der Waals surface area contributed by atoms with Crippen LogP contribution in [0.3, 0.4) is 0 Å². The van der Waals surface area contributed by atoms with E-state index in [9.17, 15) is 0 Å². The maximum absolute atomic E-state index is 3.82. The van der Waals surface area contributed by atoms with E-state index in [1.54, 1.807) is 10.9 Å². The van der Waals surface area contributed by atoms with Crippen molar-refractivity contribution in [2.45, 2.75) is 0 Å². The molecule has 0 aliphatic rings. The van der Waals surface area contributed by atoms with Crippen LogP contribution in [0.15, 0.2) is 36.5 Å². The first-order valence-electron chi connectivity index (χ1n) is 4.03. The van der Waals surface area contributed by atoms with Gasteiger partial charge in [-0.2, -0.15) is 0 Å². The number of anilines is 2. The lowest BCUT2D eigenvalue weighted by Gasteiger charge is -2.03. The summed E-state index contributed by atoms with van der Waals surface area (Å²) in [5.41, 5.74) is 1.04. The Kier molecular flexibility index (Phi) is 1.96. The van der Waals surface area contributed by atoms with Crippen molar-refractivity contribution in [3.63, 3.8) is 0 Å². The number of nitrogens with zero attached hydrogens (tertiary/aromatic N) is 3. The van der Waals surface area contributed by atoms with E-state index in [0.29, 0.717) is 0 Å². The van der Waals surface area contributed by atoms with Gasteiger partial charge in [-0.3, -0.25) is 0 Å². The van der Waals surface area contributed by atoms with Gasteiger partial charge >= 0.3 is 0 Å². The van der Waals surface area contributed by atoms with Crippen LogP contribution in [0.5, 0.6) is 0 Å². The molecule has 0 fully saturated rings. The number of hydrogen-bond acceptors (Lipinski definition) is 3. The number of benzene rings is 1.